The number of fused-ring (bicyclic) bond motifs is 7. The lowest BCUT2D eigenvalue weighted by molar-refractivity contribution is -0.144. The van der Waals surface area contributed by atoms with Crippen LogP contribution in [-0.2, 0) is 21.4 Å². The second-order valence-electron chi connectivity index (χ2n) is 21.5. The summed E-state index contributed by atoms with van der Waals surface area (Å²) in [4.78, 5) is 56.3. The monoisotopic (exact) mass is 1030 g/mol. The molecule has 0 radical (unpaired) electrons. The molecule has 1 saturated carbocycles. The van der Waals surface area contributed by atoms with Gasteiger partial charge in [0.05, 0.1) is 55.9 Å². The van der Waals surface area contributed by atoms with Crippen LogP contribution < -0.4 is 10.9 Å². The third-order valence-electron chi connectivity index (χ3n) is 15.8. The predicted octanol–water partition coefficient (Wildman–Crippen LogP) is 9.75. The fourth-order valence-electron chi connectivity index (χ4n) is 12.0. The molecule has 6 aromatic rings. The van der Waals surface area contributed by atoms with E-state index >= 15 is 0 Å². The van der Waals surface area contributed by atoms with Crippen molar-refractivity contribution in [2.75, 3.05) is 26.2 Å². The first-order valence-corrected chi connectivity index (χ1v) is 27.2. The number of amides is 2. The quantitative estimate of drug-likeness (QED) is 0.108. The van der Waals surface area contributed by atoms with E-state index in [1.807, 2.05) is 82.7 Å². The molecular weight excluding hydrogens is 963 g/mol. The molecule has 13 nitrogen and oxygen atoms in total. The number of aliphatic hydroxyl groups excluding tert-OH is 1. The average Bonchev–Trinajstić information content (AvgIpc) is 4.15. The minimum absolute atomic E-state index is 0.0858. The maximum absolute atomic E-state index is 14.5. The Labute approximate surface area is 423 Å². The number of carbonyl (C=O) groups excluding carboxylic acids is 2. The molecule has 2 amide bonds. The molecule has 10 rings (SSSR count). The van der Waals surface area contributed by atoms with Gasteiger partial charge >= 0.3 is 0 Å². The maximum Gasteiger partial charge on any atom is 0.281 e. The molecule has 2 N–H and O–H groups in total. The first kappa shape index (κ1) is 48.5. The Morgan fingerprint density at radius 2 is 1.77 bits per heavy atom. The van der Waals surface area contributed by atoms with Crippen molar-refractivity contribution in [3.05, 3.63) is 121 Å². The van der Waals surface area contributed by atoms with Crippen molar-refractivity contribution >= 4 is 50.0 Å². The predicted molar refractivity (Wildman–Crippen MR) is 278 cm³/mol. The van der Waals surface area contributed by atoms with Crippen molar-refractivity contribution in [2.24, 2.45) is 5.41 Å². The number of nitrogens with one attached hydrogen (secondary N) is 1. The van der Waals surface area contributed by atoms with Crippen LogP contribution in [0.5, 0.6) is 0 Å². The number of aliphatic hydroxyl groups is 1. The molecule has 1 spiro atoms. The van der Waals surface area contributed by atoms with Crippen LogP contribution in [-0.4, -0.2) is 94.6 Å². The summed E-state index contributed by atoms with van der Waals surface area (Å²) in [5.74, 6) is 0.914. The molecular formula is C55H66BrN9O4S. The van der Waals surface area contributed by atoms with Crippen molar-refractivity contribution in [1.82, 2.24) is 44.6 Å². The summed E-state index contributed by atoms with van der Waals surface area (Å²) in [6, 6.07) is 19.5. The summed E-state index contributed by atoms with van der Waals surface area (Å²) < 4.78 is 4.75. The van der Waals surface area contributed by atoms with Gasteiger partial charge in [0.1, 0.15) is 17.9 Å². The van der Waals surface area contributed by atoms with Crippen molar-refractivity contribution in [3.8, 4) is 16.1 Å². The van der Waals surface area contributed by atoms with Crippen LogP contribution in [0.4, 0.5) is 0 Å². The molecule has 368 valence electrons. The Bertz CT molecular complexity index is 2940. The molecule has 1 aliphatic carbocycles. The number of hydrogen-bond acceptors (Lipinski definition) is 10. The van der Waals surface area contributed by atoms with Crippen LogP contribution in [0.1, 0.15) is 150 Å². The highest BCUT2D eigenvalue weighted by Crippen LogP contribution is 2.52. The number of hydrogen-bond donors (Lipinski definition) is 2. The molecule has 3 aromatic heterocycles. The van der Waals surface area contributed by atoms with Gasteiger partial charge in [0.25, 0.3) is 5.56 Å². The number of rotatable bonds is 13. The van der Waals surface area contributed by atoms with Gasteiger partial charge in [-0.15, -0.1) is 16.4 Å². The Kier molecular flexibility index (Phi) is 13.8. The number of nitrogens with zero attached hydrogens (tertiary/aromatic N) is 8. The number of halogens is 1. The van der Waals surface area contributed by atoms with Gasteiger partial charge < -0.3 is 20.2 Å². The van der Waals surface area contributed by atoms with Gasteiger partial charge in [-0.1, -0.05) is 94.1 Å². The van der Waals surface area contributed by atoms with Gasteiger partial charge in [0, 0.05) is 23.6 Å². The highest BCUT2D eigenvalue weighted by atomic mass is 79.9. The summed E-state index contributed by atoms with van der Waals surface area (Å²) in [7, 11) is 0. The van der Waals surface area contributed by atoms with Crippen LogP contribution in [0.2, 0.25) is 0 Å². The summed E-state index contributed by atoms with van der Waals surface area (Å²) in [5, 5.41) is 23.6. The molecule has 2 saturated heterocycles. The Balaban J connectivity index is 0.717. The van der Waals surface area contributed by atoms with Gasteiger partial charge in [-0.25, -0.2) is 9.67 Å². The minimum Gasteiger partial charge on any atom is -0.391 e. The summed E-state index contributed by atoms with van der Waals surface area (Å²) in [6.07, 6.45) is 13.0. The summed E-state index contributed by atoms with van der Waals surface area (Å²) >= 11 is 5.24. The highest BCUT2D eigenvalue weighted by Gasteiger charge is 2.48. The lowest BCUT2D eigenvalue weighted by Crippen LogP contribution is -2.50. The van der Waals surface area contributed by atoms with Gasteiger partial charge in [-0.2, -0.15) is 4.98 Å². The van der Waals surface area contributed by atoms with Crippen LogP contribution in [0.25, 0.3) is 27.0 Å². The number of likely N-dealkylation sites (tertiary alicyclic amines) is 2. The zero-order valence-electron chi connectivity index (χ0n) is 41.2. The van der Waals surface area contributed by atoms with E-state index in [9.17, 15) is 19.5 Å². The molecule has 4 aliphatic rings. The zero-order chi connectivity index (χ0) is 48.9. The number of unbranched alkanes of at least 4 members (excludes halogenated alkanes) is 2. The van der Waals surface area contributed by atoms with E-state index in [0.29, 0.717) is 11.3 Å². The highest BCUT2D eigenvalue weighted by molar-refractivity contribution is 9.10. The Hall–Kier alpha value is -5.09. The third-order valence-corrected chi connectivity index (χ3v) is 17.4. The van der Waals surface area contributed by atoms with Gasteiger partial charge in [-0.3, -0.25) is 19.0 Å². The average molecular weight is 1030 g/mol. The van der Waals surface area contributed by atoms with Gasteiger partial charge in [0.15, 0.2) is 0 Å². The van der Waals surface area contributed by atoms with E-state index in [0.717, 1.165) is 127 Å². The maximum atomic E-state index is 14.5. The number of piperidine rings is 1. The number of benzene rings is 3. The van der Waals surface area contributed by atoms with E-state index in [-0.39, 0.29) is 41.8 Å². The lowest BCUT2D eigenvalue weighted by Gasteiger charge is -2.35. The number of thiazole rings is 1. The third kappa shape index (κ3) is 9.31. The van der Waals surface area contributed by atoms with E-state index < -0.39 is 23.6 Å². The molecule has 70 heavy (non-hydrogen) atoms. The van der Waals surface area contributed by atoms with Crippen LogP contribution in [0.3, 0.4) is 0 Å². The Morgan fingerprint density at radius 1 is 1.00 bits per heavy atom. The standard InChI is InChI=1S/C55H66BrN9O4S/c1-34(36-16-18-38(19-17-36)48-35(2)57-33-70-48)58-50(67)46-30-41(66)32-63(46)52(69)49(54(3,4)5)64-31-40(60-61-64)13-8-6-11-26-62-27-22-37(23-28-62)39-20-21-44-42(29-39)55(24-9-7-10-25-55)53-59-51(68)47-43(56)14-12-15-45(47)65(44)53/h12,14-21,29,31,33-34,37,41,46,49,66H,6-11,13,22-28,30,32H2,1-5H3,(H,58,67)/t34-,41+,46-,49+/m0/s1. The van der Waals surface area contributed by atoms with E-state index in [4.69, 9.17) is 4.98 Å². The normalized spacial score (nSPS) is 20.2. The molecule has 6 heterocycles. The van der Waals surface area contributed by atoms with Crippen LogP contribution in [0, 0.1) is 12.3 Å². The number of carbonyl (C=O) groups is 2. The van der Waals surface area contributed by atoms with E-state index in [1.54, 1.807) is 20.9 Å². The fraction of sp³-hybridized carbons (Fsp3) is 0.509. The SMILES string of the molecule is Cc1ncsc1-c1ccc([C@H](C)NC(=O)[C@@H]2C[C@@H](O)CN2C(=O)[C@@H](n2cc(CCCCCN3CCC(c4ccc5c(c4)C4(CCCCC4)c4nc(=O)c6c(Br)cccc6n4-5)CC3)nn2)C(C)(C)C)cc1. The number of β-amino-alcohol motifs (C(OH)–C–C–N with tert-alkyl or cyclic N) is 1. The molecule has 4 atom stereocenters. The fourth-order valence-corrected chi connectivity index (χ4v) is 13.4. The number of aromatic nitrogens is 6. The summed E-state index contributed by atoms with van der Waals surface area (Å²) in [5.41, 5.74) is 9.72. The lowest BCUT2D eigenvalue weighted by atomic mass is 9.69. The zero-order valence-corrected chi connectivity index (χ0v) is 43.6. The molecule has 3 aromatic carbocycles. The first-order valence-electron chi connectivity index (χ1n) is 25.5. The largest absolute Gasteiger partial charge is 0.391 e. The second kappa shape index (κ2) is 19.8. The second-order valence-corrected chi connectivity index (χ2v) is 23.2. The van der Waals surface area contributed by atoms with Crippen molar-refractivity contribution in [1.29, 1.82) is 0 Å². The van der Waals surface area contributed by atoms with E-state index in [2.05, 4.69) is 70.3 Å². The van der Waals surface area contributed by atoms with Gasteiger partial charge in [-0.05, 0) is 146 Å². The minimum atomic E-state index is -0.800. The summed E-state index contributed by atoms with van der Waals surface area (Å²) in [6.45, 7) is 13.3. The van der Waals surface area contributed by atoms with E-state index in [1.165, 1.54) is 23.2 Å². The van der Waals surface area contributed by atoms with Crippen LogP contribution >= 0.6 is 27.3 Å². The molecule has 0 bridgehead atoms. The molecule has 3 aliphatic heterocycles. The van der Waals surface area contributed by atoms with Crippen molar-refractivity contribution in [2.45, 2.75) is 147 Å². The molecule has 0 unspecified atom stereocenters. The first-order chi connectivity index (χ1) is 33.7. The smallest absolute Gasteiger partial charge is 0.281 e. The topological polar surface area (TPSA) is 151 Å². The molecule has 15 heteroatoms. The molecule has 3 fully saturated rings. The van der Waals surface area contributed by atoms with Crippen molar-refractivity contribution in [3.63, 3.8) is 0 Å². The number of aryl methyl sites for hydroxylation is 2. The Morgan fingerprint density at radius 3 is 2.50 bits per heavy atom. The van der Waals surface area contributed by atoms with Gasteiger partial charge in [0.2, 0.25) is 11.8 Å². The van der Waals surface area contributed by atoms with Crippen molar-refractivity contribution < 1.29 is 14.7 Å². The van der Waals surface area contributed by atoms with Crippen LogP contribution in [0.15, 0.2) is 81.6 Å².